The second-order valence-corrected chi connectivity index (χ2v) is 7.42. The van der Waals surface area contributed by atoms with E-state index >= 15 is 0 Å². The Morgan fingerprint density at radius 3 is 2.84 bits per heavy atom. The molecule has 3 heterocycles. The normalized spacial score (nSPS) is 22.5. The van der Waals surface area contributed by atoms with Gasteiger partial charge in [0.05, 0.1) is 5.69 Å². The number of hydrogen-bond acceptors (Lipinski definition) is 3. The molecule has 0 amide bonds. The van der Waals surface area contributed by atoms with Crippen LogP contribution >= 0.6 is 0 Å². The van der Waals surface area contributed by atoms with Crippen molar-refractivity contribution in [3.8, 4) is 0 Å². The van der Waals surface area contributed by atoms with E-state index in [1.165, 1.54) is 28.4 Å². The minimum Gasteiger partial charge on any atom is -0.454 e. The van der Waals surface area contributed by atoms with Gasteiger partial charge in [-0.05, 0) is 30.4 Å². The number of nitrogens with zero attached hydrogens (tertiary/aromatic N) is 2. The van der Waals surface area contributed by atoms with Crippen LogP contribution in [0.1, 0.15) is 32.3 Å². The lowest BCUT2D eigenvalue weighted by molar-refractivity contribution is 0.340. The summed E-state index contributed by atoms with van der Waals surface area (Å²) in [5.41, 5.74) is 4.68. The lowest BCUT2D eigenvalue weighted by Crippen LogP contribution is -2.38. The van der Waals surface area contributed by atoms with Crippen LogP contribution in [0.5, 0.6) is 0 Å². The number of hydrogen-bond donors (Lipinski definition) is 0. The number of rotatable bonds is 3. The van der Waals surface area contributed by atoms with Crippen LogP contribution < -0.4 is 4.90 Å². The molecule has 1 aromatic heterocycles. The highest BCUT2D eigenvalue weighted by Gasteiger charge is 2.38. The van der Waals surface area contributed by atoms with Gasteiger partial charge in [-0.3, -0.25) is 0 Å². The summed E-state index contributed by atoms with van der Waals surface area (Å²) < 4.78 is 6.37. The summed E-state index contributed by atoms with van der Waals surface area (Å²) in [6.07, 6.45) is 8.40. The molecule has 0 radical (unpaired) electrons. The Hall–Kier alpha value is -2.42. The molecule has 3 heteroatoms. The standard InChI is InChI=1S/C22H24N2O/c1-3-6-16-9-10-18-17-7-4-5-8-19(17)25-21(18)20(16)24-14-13-23-12-11-15(2)22(23)24/h4-5,7-10,13-15,22H,3,6,11-12H2,1-2H3. The molecule has 25 heavy (non-hydrogen) atoms. The van der Waals surface area contributed by atoms with Crippen LogP contribution in [0.25, 0.3) is 21.9 Å². The fourth-order valence-corrected chi connectivity index (χ4v) is 4.58. The Bertz CT molecular complexity index is 971. The summed E-state index contributed by atoms with van der Waals surface area (Å²) in [7, 11) is 0. The number of fused-ring (bicyclic) bond motifs is 4. The van der Waals surface area contributed by atoms with E-state index in [2.05, 4.69) is 66.4 Å². The minimum absolute atomic E-state index is 0.425. The quantitative estimate of drug-likeness (QED) is 0.631. The number of anilines is 1. The van der Waals surface area contributed by atoms with Gasteiger partial charge in [-0.1, -0.05) is 50.6 Å². The number of para-hydroxylation sites is 1. The first-order chi connectivity index (χ1) is 12.3. The van der Waals surface area contributed by atoms with E-state index in [1.54, 1.807) is 0 Å². The third-order valence-electron chi connectivity index (χ3n) is 5.78. The van der Waals surface area contributed by atoms with Crippen LogP contribution in [-0.2, 0) is 6.42 Å². The van der Waals surface area contributed by atoms with Crippen molar-refractivity contribution in [3.63, 3.8) is 0 Å². The van der Waals surface area contributed by atoms with Gasteiger partial charge in [0.2, 0.25) is 0 Å². The average Bonchev–Trinajstić information content (AvgIpc) is 3.30. The lowest BCUT2D eigenvalue weighted by atomic mass is 10.0. The third kappa shape index (κ3) is 2.11. The average molecular weight is 332 g/mol. The monoisotopic (exact) mass is 332 g/mol. The van der Waals surface area contributed by atoms with Crippen LogP contribution in [-0.4, -0.2) is 17.6 Å². The van der Waals surface area contributed by atoms with Crippen molar-refractivity contribution in [2.45, 2.75) is 39.3 Å². The molecule has 128 valence electrons. The number of furan rings is 1. The van der Waals surface area contributed by atoms with Gasteiger partial charge in [0.1, 0.15) is 11.7 Å². The maximum Gasteiger partial charge on any atom is 0.159 e. The van der Waals surface area contributed by atoms with Gasteiger partial charge in [-0.2, -0.15) is 0 Å². The highest BCUT2D eigenvalue weighted by Crippen LogP contribution is 2.43. The topological polar surface area (TPSA) is 19.6 Å². The van der Waals surface area contributed by atoms with Gasteiger partial charge in [-0.15, -0.1) is 0 Å². The summed E-state index contributed by atoms with van der Waals surface area (Å²) in [6, 6.07) is 12.9. The van der Waals surface area contributed by atoms with E-state index in [1.807, 2.05) is 6.07 Å². The van der Waals surface area contributed by atoms with E-state index < -0.39 is 0 Å². The van der Waals surface area contributed by atoms with Gasteiger partial charge >= 0.3 is 0 Å². The molecule has 0 aliphatic carbocycles. The van der Waals surface area contributed by atoms with Crippen molar-refractivity contribution >= 4 is 27.6 Å². The van der Waals surface area contributed by atoms with Crippen LogP contribution in [0.3, 0.4) is 0 Å². The summed E-state index contributed by atoms with van der Waals surface area (Å²) in [4.78, 5) is 4.94. The van der Waals surface area contributed by atoms with Crippen LogP contribution in [0.4, 0.5) is 5.69 Å². The van der Waals surface area contributed by atoms with Crippen LogP contribution in [0, 0.1) is 5.92 Å². The smallest absolute Gasteiger partial charge is 0.159 e. The van der Waals surface area contributed by atoms with Gasteiger partial charge in [0.15, 0.2) is 5.58 Å². The molecule has 0 saturated carbocycles. The summed E-state index contributed by atoms with van der Waals surface area (Å²) in [5.74, 6) is 0.657. The van der Waals surface area contributed by atoms with Gasteiger partial charge in [0, 0.05) is 29.7 Å². The first kappa shape index (κ1) is 14.9. The summed E-state index contributed by atoms with van der Waals surface area (Å²) >= 11 is 0. The second-order valence-electron chi connectivity index (χ2n) is 7.42. The predicted molar refractivity (Wildman–Crippen MR) is 104 cm³/mol. The van der Waals surface area contributed by atoms with Crippen molar-refractivity contribution in [1.29, 1.82) is 0 Å². The maximum absolute atomic E-state index is 6.37. The molecule has 1 fully saturated rings. The van der Waals surface area contributed by atoms with E-state index in [0.29, 0.717) is 12.1 Å². The van der Waals surface area contributed by atoms with E-state index in [9.17, 15) is 0 Å². The van der Waals surface area contributed by atoms with Crippen molar-refractivity contribution in [2.75, 3.05) is 11.4 Å². The minimum atomic E-state index is 0.425. The number of aryl methyl sites for hydroxylation is 1. The van der Waals surface area contributed by atoms with Crippen molar-refractivity contribution in [2.24, 2.45) is 5.92 Å². The molecule has 1 saturated heterocycles. The van der Waals surface area contributed by atoms with Gasteiger partial charge in [0.25, 0.3) is 0 Å². The van der Waals surface area contributed by atoms with E-state index in [4.69, 9.17) is 4.42 Å². The Morgan fingerprint density at radius 1 is 1.08 bits per heavy atom. The first-order valence-corrected chi connectivity index (χ1v) is 9.43. The lowest BCUT2D eigenvalue weighted by Gasteiger charge is -2.31. The molecular formula is C22H24N2O. The fourth-order valence-electron chi connectivity index (χ4n) is 4.58. The molecule has 2 atom stereocenters. The Labute approximate surface area is 148 Å². The van der Waals surface area contributed by atoms with Crippen molar-refractivity contribution in [1.82, 2.24) is 4.90 Å². The first-order valence-electron chi connectivity index (χ1n) is 9.43. The number of benzene rings is 2. The summed E-state index contributed by atoms with van der Waals surface area (Å²) in [5, 5.41) is 2.43. The second kappa shape index (κ2) is 5.55. The Morgan fingerprint density at radius 2 is 1.96 bits per heavy atom. The fraction of sp³-hybridized carbons (Fsp3) is 0.364. The highest BCUT2D eigenvalue weighted by atomic mass is 16.3. The molecule has 2 unspecified atom stereocenters. The molecule has 2 aromatic carbocycles. The SMILES string of the molecule is CCCc1ccc2c(oc3ccccc32)c1N1C=CN2CCC(C)C21. The largest absolute Gasteiger partial charge is 0.454 e. The molecule has 0 spiro atoms. The van der Waals surface area contributed by atoms with Crippen LogP contribution in [0.2, 0.25) is 0 Å². The molecular weight excluding hydrogens is 308 g/mol. The molecule has 3 aromatic rings. The van der Waals surface area contributed by atoms with Crippen molar-refractivity contribution < 1.29 is 4.42 Å². The Balaban J connectivity index is 1.77. The molecule has 2 aliphatic heterocycles. The highest BCUT2D eigenvalue weighted by molar-refractivity contribution is 6.09. The Kier molecular flexibility index (Phi) is 3.30. The molecule has 0 N–H and O–H groups in total. The maximum atomic E-state index is 6.37. The zero-order valence-electron chi connectivity index (χ0n) is 14.9. The van der Waals surface area contributed by atoms with E-state index in [-0.39, 0.29) is 0 Å². The summed E-state index contributed by atoms with van der Waals surface area (Å²) in [6.45, 7) is 5.76. The van der Waals surface area contributed by atoms with Gasteiger partial charge in [-0.25, -0.2) is 0 Å². The molecule has 2 aliphatic rings. The third-order valence-corrected chi connectivity index (χ3v) is 5.78. The van der Waals surface area contributed by atoms with Gasteiger partial charge < -0.3 is 14.2 Å². The molecule has 0 bridgehead atoms. The van der Waals surface area contributed by atoms with E-state index in [0.717, 1.165) is 30.6 Å². The van der Waals surface area contributed by atoms with Crippen LogP contribution in [0.15, 0.2) is 53.2 Å². The molecule has 5 rings (SSSR count). The predicted octanol–water partition coefficient (Wildman–Crippen LogP) is 5.50. The zero-order valence-corrected chi connectivity index (χ0v) is 14.9. The molecule has 3 nitrogen and oxygen atoms in total. The zero-order chi connectivity index (χ0) is 17.0. The van der Waals surface area contributed by atoms with Crippen molar-refractivity contribution in [3.05, 3.63) is 54.4 Å².